The quantitative estimate of drug-likeness (QED) is 0.814. The third-order valence-electron chi connectivity index (χ3n) is 6.49. The van der Waals surface area contributed by atoms with Crippen molar-refractivity contribution >= 4 is 21.6 Å². The zero-order chi connectivity index (χ0) is 19.9. The second kappa shape index (κ2) is 7.76. The monoisotopic (exact) mass is 406 g/mol. The van der Waals surface area contributed by atoms with Crippen molar-refractivity contribution in [3.05, 3.63) is 24.3 Å². The number of benzene rings is 1. The molecule has 0 radical (unpaired) electrons. The molecule has 2 aliphatic carbocycles. The van der Waals surface area contributed by atoms with E-state index in [1.54, 1.807) is 24.3 Å². The van der Waals surface area contributed by atoms with E-state index >= 15 is 0 Å². The first kappa shape index (κ1) is 19.9. The van der Waals surface area contributed by atoms with E-state index < -0.39 is 10.0 Å². The molecule has 1 aromatic rings. The van der Waals surface area contributed by atoms with Crippen molar-refractivity contribution in [1.29, 1.82) is 0 Å². The molecule has 4 rings (SSSR count). The Morgan fingerprint density at radius 2 is 1.79 bits per heavy atom. The molecule has 1 aromatic carbocycles. The number of fused-ring (bicyclic) bond motifs is 2. The molecule has 0 aromatic heterocycles. The molecule has 3 fully saturated rings. The predicted molar refractivity (Wildman–Crippen MR) is 107 cm³/mol. The second-order valence-corrected chi connectivity index (χ2v) is 10.7. The van der Waals surface area contributed by atoms with Crippen LogP contribution in [0.4, 0.5) is 5.69 Å². The molecule has 28 heavy (non-hydrogen) atoms. The number of anilines is 1. The molecule has 1 amide bonds. The maximum Gasteiger partial charge on any atom is 0.243 e. The van der Waals surface area contributed by atoms with E-state index in [-0.39, 0.29) is 23.0 Å². The van der Waals surface area contributed by atoms with Gasteiger partial charge in [-0.1, -0.05) is 6.42 Å². The molecule has 5 atom stereocenters. The highest BCUT2D eigenvalue weighted by molar-refractivity contribution is 7.89. The van der Waals surface area contributed by atoms with Gasteiger partial charge in [0, 0.05) is 25.2 Å². The number of sulfonamides is 1. The van der Waals surface area contributed by atoms with Gasteiger partial charge in [-0.15, -0.1) is 0 Å². The summed E-state index contributed by atoms with van der Waals surface area (Å²) in [5, 5.41) is 2.93. The fourth-order valence-electron chi connectivity index (χ4n) is 5.26. The zero-order valence-electron chi connectivity index (χ0n) is 16.6. The molecule has 2 bridgehead atoms. The Hall–Kier alpha value is -1.44. The first-order valence-corrected chi connectivity index (χ1v) is 11.8. The summed E-state index contributed by atoms with van der Waals surface area (Å²) < 4.78 is 32.9. The lowest BCUT2D eigenvalue weighted by Crippen LogP contribution is -2.48. The predicted octanol–water partition coefficient (Wildman–Crippen LogP) is 3.25. The van der Waals surface area contributed by atoms with Crippen LogP contribution in [0.15, 0.2) is 29.2 Å². The lowest BCUT2D eigenvalue weighted by molar-refractivity contribution is -0.117. The lowest BCUT2D eigenvalue weighted by Gasteiger charge is -2.34. The van der Waals surface area contributed by atoms with Crippen LogP contribution in [0.1, 0.15) is 46.0 Å². The SMILES string of the molecule is CC1CN(S(=O)(=O)c2ccc(NC(=O)CC3CC4CCC3C4)cc2)CC(C)O1. The molecule has 2 saturated carbocycles. The first-order valence-electron chi connectivity index (χ1n) is 10.4. The van der Waals surface area contributed by atoms with Gasteiger partial charge in [0.25, 0.3) is 0 Å². The van der Waals surface area contributed by atoms with Crippen molar-refractivity contribution in [1.82, 2.24) is 4.31 Å². The topological polar surface area (TPSA) is 75.7 Å². The van der Waals surface area contributed by atoms with Crippen LogP contribution in [-0.4, -0.2) is 43.9 Å². The van der Waals surface area contributed by atoms with Crippen LogP contribution in [-0.2, 0) is 19.6 Å². The Kier molecular flexibility index (Phi) is 5.51. The number of hydrogen-bond donors (Lipinski definition) is 1. The van der Waals surface area contributed by atoms with Gasteiger partial charge in [-0.05, 0) is 75.1 Å². The van der Waals surface area contributed by atoms with Gasteiger partial charge < -0.3 is 10.1 Å². The number of carbonyl (C=O) groups is 1. The lowest BCUT2D eigenvalue weighted by atomic mass is 9.86. The maximum absolute atomic E-state index is 12.9. The van der Waals surface area contributed by atoms with Crippen LogP contribution in [0.5, 0.6) is 0 Å². The molecular formula is C21H30N2O4S. The Balaban J connectivity index is 1.37. The maximum atomic E-state index is 12.9. The Morgan fingerprint density at radius 3 is 2.36 bits per heavy atom. The van der Waals surface area contributed by atoms with Crippen LogP contribution in [0.25, 0.3) is 0 Å². The molecule has 3 aliphatic rings. The van der Waals surface area contributed by atoms with Crippen molar-refractivity contribution < 1.29 is 17.9 Å². The highest BCUT2D eigenvalue weighted by Crippen LogP contribution is 2.49. The van der Waals surface area contributed by atoms with Crippen LogP contribution < -0.4 is 5.32 Å². The minimum Gasteiger partial charge on any atom is -0.373 e. The van der Waals surface area contributed by atoms with E-state index in [9.17, 15) is 13.2 Å². The smallest absolute Gasteiger partial charge is 0.243 e. The zero-order valence-corrected chi connectivity index (χ0v) is 17.5. The molecule has 1 N–H and O–H groups in total. The molecular weight excluding hydrogens is 376 g/mol. The van der Waals surface area contributed by atoms with Gasteiger partial charge >= 0.3 is 0 Å². The normalized spacial score (nSPS) is 33.1. The second-order valence-electron chi connectivity index (χ2n) is 8.79. The fourth-order valence-corrected chi connectivity index (χ4v) is 6.85. The van der Waals surface area contributed by atoms with Crippen molar-refractivity contribution in [2.45, 2.75) is 63.1 Å². The van der Waals surface area contributed by atoms with Gasteiger partial charge in [0.1, 0.15) is 0 Å². The average molecular weight is 407 g/mol. The number of nitrogens with one attached hydrogen (secondary N) is 1. The summed E-state index contributed by atoms with van der Waals surface area (Å²) in [6.45, 7) is 4.48. The Bertz CT molecular complexity index is 813. The van der Waals surface area contributed by atoms with Crippen molar-refractivity contribution in [2.75, 3.05) is 18.4 Å². The average Bonchev–Trinajstić information content (AvgIpc) is 3.24. The number of ether oxygens (including phenoxy) is 1. The third kappa shape index (κ3) is 4.11. The summed E-state index contributed by atoms with van der Waals surface area (Å²) >= 11 is 0. The van der Waals surface area contributed by atoms with E-state index in [0.717, 1.165) is 11.8 Å². The highest BCUT2D eigenvalue weighted by Gasteiger charge is 2.40. The third-order valence-corrected chi connectivity index (χ3v) is 8.34. The van der Waals surface area contributed by atoms with Crippen LogP contribution >= 0.6 is 0 Å². The summed E-state index contributed by atoms with van der Waals surface area (Å²) in [6.07, 6.45) is 5.42. The molecule has 5 unspecified atom stereocenters. The molecule has 154 valence electrons. The number of nitrogens with zero attached hydrogens (tertiary/aromatic N) is 1. The summed E-state index contributed by atoms with van der Waals surface area (Å²) in [6, 6.07) is 6.51. The Morgan fingerprint density at radius 1 is 1.11 bits per heavy atom. The van der Waals surface area contributed by atoms with Crippen molar-refractivity contribution in [2.24, 2.45) is 17.8 Å². The molecule has 0 spiro atoms. The van der Waals surface area contributed by atoms with Crippen LogP contribution in [0, 0.1) is 17.8 Å². The molecule has 7 heteroatoms. The Labute approximate surface area is 167 Å². The fraction of sp³-hybridized carbons (Fsp3) is 0.667. The van der Waals surface area contributed by atoms with Gasteiger partial charge in [-0.25, -0.2) is 8.42 Å². The molecule has 1 heterocycles. The highest BCUT2D eigenvalue weighted by atomic mass is 32.2. The molecule has 6 nitrogen and oxygen atoms in total. The number of hydrogen-bond acceptors (Lipinski definition) is 4. The summed E-state index contributed by atoms with van der Waals surface area (Å²) in [5.41, 5.74) is 0.649. The van der Waals surface area contributed by atoms with Gasteiger partial charge in [-0.2, -0.15) is 4.31 Å². The van der Waals surface area contributed by atoms with Gasteiger partial charge in [0.2, 0.25) is 15.9 Å². The van der Waals surface area contributed by atoms with Gasteiger partial charge in [-0.3, -0.25) is 4.79 Å². The van der Waals surface area contributed by atoms with Crippen LogP contribution in [0.2, 0.25) is 0 Å². The van der Waals surface area contributed by atoms with E-state index in [0.29, 0.717) is 31.1 Å². The summed E-state index contributed by atoms with van der Waals surface area (Å²) in [7, 11) is -3.56. The molecule has 1 aliphatic heterocycles. The van der Waals surface area contributed by atoms with Gasteiger partial charge in [0.05, 0.1) is 17.1 Å². The van der Waals surface area contributed by atoms with Crippen molar-refractivity contribution in [3.8, 4) is 0 Å². The number of carbonyl (C=O) groups excluding carboxylic acids is 1. The number of morpholine rings is 1. The minimum atomic E-state index is -3.56. The van der Waals surface area contributed by atoms with E-state index in [1.165, 1.54) is 30.0 Å². The molecule has 1 saturated heterocycles. The van der Waals surface area contributed by atoms with E-state index in [4.69, 9.17) is 4.74 Å². The number of amides is 1. The van der Waals surface area contributed by atoms with Crippen molar-refractivity contribution in [3.63, 3.8) is 0 Å². The van der Waals surface area contributed by atoms with E-state index in [1.807, 2.05) is 13.8 Å². The summed E-state index contributed by atoms with van der Waals surface area (Å²) in [5.74, 6) is 2.10. The van der Waals surface area contributed by atoms with Gasteiger partial charge in [0.15, 0.2) is 0 Å². The standard InChI is InChI=1S/C21H30N2O4S/c1-14-12-23(13-15(2)27-14)28(25,26)20-7-5-19(6-8-20)22-21(24)11-18-10-16-3-4-17(18)9-16/h5-8,14-18H,3-4,9-13H2,1-2H3,(H,22,24). The van der Waals surface area contributed by atoms with E-state index in [2.05, 4.69) is 5.32 Å². The van der Waals surface area contributed by atoms with Crippen LogP contribution in [0.3, 0.4) is 0 Å². The number of rotatable bonds is 5. The first-order chi connectivity index (χ1) is 13.3. The minimum absolute atomic E-state index is 0.0315. The largest absolute Gasteiger partial charge is 0.373 e. The summed E-state index contributed by atoms with van der Waals surface area (Å²) in [4.78, 5) is 12.6.